The van der Waals surface area contributed by atoms with Crippen molar-refractivity contribution in [2.75, 3.05) is 17.2 Å². The number of carbonyl (C=O) groups excluding carboxylic acids is 1. The molecule has 1 aromatic heterocycles. The maximum absolute atomic E-state index is 12.2. The van der Waals surface area contributed by atoms with Crippen LogP contribution >= 0.6 is 15.9 Å². The second-order valence-corrected chi connectivity index (χ2v) is 4.83. The molecule has 19 heavy (non-hydrogen) atoms. The van der Waals surface area contributed by atoms with Crippen LogP contribution in [0.5, 0.6) is 0 Å². The first-order valence-electron chi connectivity index (χ1n) is 5.95. The lowest BCUT2D eigenvalue weighted by molar-refractivity contribution is 0.102. The number of halogens is 1. The Kier molecular flexibility index (Phi) is 4.52. The van der Waals surface area contributed by atoms with Crippen molar-refractivity contribution in [3.05, 3.63) is 52.8 Å². The van der Waals surface area contributed by atoms with Crippen LogP contribution < -0.4 is 10.6 Å². The minimum Gasteiger partial charge on any atom is -0.383 e. The number of hydrogen-bond donors (Lipinski definition) is 2. The highest BCUT2D eigenvalue weighted by Crippen LogP contribution is 2.19. The van der Waals surface area contributed by atoms with Crippen molar-refractivity contribution in [3.63, 3.8) is 0 Å². The van der Waals surface area contributed by atoms with E-state index >= 15 is 0 Å². The van der Waals surface area contributed by atoms with E-state index in [2.05, 4.69) is 31.5 Å². The summed E-state index contributed by atoms with van der Waals surface area (Å²) < 4.78 is 0.923. The molecule has 0 unspecified atom stereocenters. The smallest absolute Gasteiger partial charge is 0.257 e. The van der Waals surface area contributed by atoms with E-state index in [-0.39, 0.29) is 5.91 Å². The molecule has 5 heteroatoms. The summed E-state index contributed by atoms with van der Waals surface area (Å²) in [5, 5.41) is 5.98. The van der Waals surface area contributed by atoms with Crippen molar-refractivity contribution in [1.82, 2.24) is 4.98 Å². The zero-order valence-corrected chi connectivity index (χ0v) is 12.1. The Labute approximate surface area is 120 Å². The van der Waals surface area contributed by atoms with Gasteiger partial charge in [0, 0.05) is 22.9 Å². The summed E-state index contributed by atoms with van der Waals surface area (Å²) in [6.45, 7) is 2.71. The Balaban J connectivity index is 2.20. The molecule has 2 rings (SSSR count). The molecule has 0 radical (unpaired) electrons. The molecule has 98 valence electrons. The van der Waals surface area contributed by atoms with Crippen LogP contribution in [0.4, 0.5) is 11.4 Å². The van der Waals surface area contributed by atoms with Crippen LogP contribution in [0.15, 0.2) is 47.2 Å². The normalized spacial score (nSPS) is 10.0. The molecule has 0 spiro atoms. The van der Waals surface area contributed by atoms with Gasteiger partial charge in [0.25, 0.3) is 5.91 Å². The fourth-order valence-electron chi connectivity index (χ4n) is 1.69. The van der Waals surface area contributed by atoms with Crippen LogP contribution in [-0.4, -0.2) is 17.4 Å². The number of amides is 1. The molecular weight excluding hydrogens is 306 g/mol. The molecule has 0 aliphatic carbocycles. The second-order valence-electron chi connectivity index (χ2n) is 3.92. The number of rotatable bonds is 4. The van der Waals surface area contributed by atoms with E-state index in [0.717, 1.165) is 22.4 Å². The first kappa shape index (κ1) is 13.5. The number of pyridine rings is 1. The van der Waals surface area contributed by atoms with Gasteiger partial charge in [-0.2, -0.15) is 0 Å². The fraction of sp³-hybridized carbons (Fsp3) is 0.143. The predicted octanol–water partition coefficient (Wildman–Crippen LogP) is 3.53. The number of carbonyl (C=O) groups is 1. The third-order valence-electron chi connectivity index (χ3n) is 2.52. The third kappa shape index (κ3) is 3.54. The molecule has 0 fully saturated rings. The summed E-state index contributed by atoms with van der Waals surface area (Å²) in [4.78, 5) is 16.2. The van der Waals surface area contributed by atoms with Gasteiger partial charge < -0.3 is 10.6 Å². The topological polar surface area (TPSA) is 54.0 Å². The van der Waals surface area contributed by atoms with Crippen molar-refractivity contribution in [2.24, 2.45) is 0 Å². The summed E-state index contributed by atoms with van der Waals surface area (Å²) in [6.07, 6.45) is 3.26. The van der Waals surface area contributed by atoms with Gasteiger partial charge in [-0.25, -0.2) is 0 Å². The molecule has 4 nitrogen and oxygen atoms in total. The Bertz CT molecular complexity index is 586. The minimum atomic E-state index is -0.156. The number of benzene rings is 1. The largest absolute Gasteiger partial charge is 0.383 e. The van der Waals surface area contributed by atoms with Crippen LogP contribution in [0.25, 0.3) is 0 Å². The Morgan fingerprint density at radius 2 is 2.21 bits per heavy atom. The van der Waals surface area contributed by atoms with Crippen LogP contribution in [0.3, 0.4) is 0 Å². The molecule has 0 saturated heterocycles. The van der Waals surface area contributed by atoms with Crippen LogP contribution in [0, 0.1) is 0 Å². The van der Waals surface area contributed by atoms with Crippen molar-refractivity contribution in [1.29, 1.82) is 0 Å². The Morgan fingerprint density at radius 3 is 2.95 bits per heavy atom. The summed E-state index contributed by atoms with van der Waals surface area (Å²) in [7, 11) is 0. The molecule has 2 aromatic rings. The second kappa shape index (κ2) is 6.33. The molecule has 1 amide bonds. The van der Waals surface area contributed by atoms with Crippen molar-refractivity contribution >= 4 is 33.2 Å². The molecule has 2 N–H and O–H groups in total. The van der Waals surface area contributed by atoms with Crippen molar-refractivity contribution in [3.8, 4) is 0 Å². The predicted molar refractivity (Wildman–Crippen MR) is 80.5 cm³/mol. The quantitative estimate of drug-likeness (QED) is 0.906. The van der Waals surface area contributed by atoms with E-state index in [9.17, 15) is 4.79 Å². The summed E-state index contributed by atoms with van der Waals surface area (Å²) >= 11 is 3.37. The van der Waals surface area contributed by atoms with E-state index < -0.39 is 0 Å². The third-order valence-corrected chi connectivity index (χ3v) is 3.01. The molecule has 0 bridgehead atoms. The van der Waals surface area contributed by atoms with E-state index in [1.807, 2.05) is 31.2 Å². The first-order valence-corrected chi connectivity index (χ1v) is 6.75. The lowest BCUT2D eigenvalue weighted by Gasteiger charge is -2.10. The van der Waals surface area contributed by atoms with Gasteiger partial charge >= 0.3 is 0 Å². The average Bonchev–Trinajstić information content (AvgIpc) is 2.39. The number of anilines is 2. The van der Waals surface area contributed by atoms with E-state index in [4.69, 9.17) is 0 Å². The molecule has 0 aliphatic heterocycles. The van der Waals surface area contributed by atoms with E-state index in [1.165, 1.54) is 0 Å². The Hall–Kier alpha value is -1.88. The molecular formula is C14H14BrN3O. The van der Waals surface area contributed by atoms with E-state index in [1.54, 1.807) is 18.5 Å². The van der Waals surface area contributed by atoms with Crippen LogP contribution in [0.1, 0.15) is 17.3 Å². The summed E-state index contributed by atoms with van der Waals surface area (Å²) in [6, 6.07) is 9.18. The Morgan fingerprint density at radius 1 is 1.37 bits per heavy atom. The van der Waals surface area contributed by atoms with Gasteiger partial charge in [0.15, 0.2) is 0 Å². The molecule has 1 aromatic carbocycles. The van der Waals surface area contributed by atoms with Gasteiger partial charge in [0.05, 0.1) is 17.4 Å². The highest BCUT2D eigenvalue weighted by Gasteiger charge is 2.11. The molecule has 0 atom stereocenters. The zero-order valence-electron chi connectivity index (χ0n) is 10.5. The van der Waals surface area contributed by atoms with Crippen LogP contribution in [-0.2, 0) is 0 Å². The van der Waals surface area contributed by atoms with Gasteiger partial charge in [-0.15, -0.1) is 0 Å². The van der Waals surface area contributed by atoms with Gasteiger partial charge in [-0.3, -0.25) is 9.78 Å². The number of nitrogens with zero attached hydrogens (tertiary/aromatic N) is 1. The molecule has 1 heterocycles. The standard InChI is InChI=1S/C14H14BrN3O/c1-2-17-13-9-16-7-6-12(13)14(19)18-11-5-3-4-10(15)8-11/h3-9,17H,2H2,1H3,(H,18,19). The van der Waals surface area contributed by atoms with Gasteiger partial charge in [0.2, 0.25) is 0 Å². The first-order chi connectivity index (χ1) is 9.20. The highest BCUT2D eigenvalue weighted by atomic mass is 79.9. The highest BCUT2D eigenvalue weighted by molar-refractivity contribution is 9.10. The molecule has 0 aliphatic rings. The van der Waals surface area contributed by atoms with Gasteiger partial charge in [-0.05, 0) is 31.2 Å². The fourth-order valence-corrected chi connectivity index (χ4v) is 2.09. The maximum atomic E-state index is 12.2. The lowest BCUT2D eigenvalue weighted by atomic mass is 10.2. The number of nitrogens with one attached hydrogen (secondary N) is 2. The monoisotopic (exact) mass is 319 g/mol. The summed E-state index contributed by atoms with van der Waals surface area (Å²) in [5.41, 5.74) is 2.06. The average molecular weight is 320 g/mol. The van der Waals surface area contributed by atoms with E-state index in [0.29, 0.717) is 5.56 Å². The van der Waals surface area contributed by atoms with Gasteiger partial charge in [0.1, 0.15) is 0 Å². The number of hydrogen-bond acceptors (Lipinski definition) is 3. The maximum Gasteiger partial charge on any atom is 0.257 e. The zero-order chi connectivity index (χ0) is 13.7. The SMILES string of the molecule is CCNc1cnccc1C(=O)Nc1cccc(Br)c1. The van der Waals surface area contributed by atoms with Crippen molar-refractivity contribution < 1.29 is 4.79 Å². The molecule has 0 saturated carbocycles. The van der Waals surface area contributed by atoms with Crippen molar-refractivity contribution in [2.45, 2.75) is 6.92 Å². The van der Waals surface area contributed by atoms with Gasteiger partial charge in [-0.1, -0.05) is 22.0 Å². The number of aromatic nitrogens is 1. The minimum absolute atomic E-state index is 0.156. The summed E-state index contributed by atoms with van der Waals surface area (Å²) in [5.74, 6) is -0.156. The lowest BCUT2D eigenvalue weighted by Crippen LogP contribution is -2.15. The van der Waals surface area contributed by atoms with Crippen LogP contribution in [0.2, 0.25) is 0 Å².